The van der Waals surface area contributed by atoms with Gasteiger partial charge in [-0.15, -0.1) is 0 Å². The van der Waals surface area contributed by atoms with E-state index in [9.17, 15) is 4.79 Å². The maximum absolute atomic E-state index is 11.7. The second-order valence-corrected chi connectivity index (χ2v) is 5.90. The van der Waals surface area contributed by atoms with Crippen LogP contribution in [0.1, 0.15) is 27.0 Å². The lowest BCUT2D eigenvalue weighted by atomic mass is 10.1. The molecule has 2 N–H and O–H groups in total. The quantitative estimate of drug-likeness (QED) is 0.877. The molecule has 4 heteroatoms. The van der Waals surface area contributed by atoms with E-state index in [1.165, 1.54) is 11.1 Å². The first kappa shape index (κ1) is 15.6. The minimum absolute atomic E-state index is 0.0730. The van der Waals surface area contributed by atoms with Crippen LogP contribution >= 0.6 is 15.9 Å². The van der Waals surface area contributed by atoms with Crippen molar-refractivity contribution in [2.75, 3.05) is 12.4 Å². The molecule has 0 fully saturated rings. The first-order valence-electron chi connectivity index (χ1n) is 6.83. The number of hydrogen-bond acceptors (Lipinski definition) is 2. The van der Waals surface area contributed by atoms with E-state index in [4.69, 9.17) is 0 Å². The first-order chi connectivity index (χ1) is 10.0. The molecule has 0 aliphatic heterocycles. The van der Waals surface area contributed by atoms with Gasteiger partial charge < -0.3 is 10.6 Å². The molecule has 0 radical (unpaired) electrons. The van der Waals surface area contributed by atoms with E-state index in [0.717, 1.165) is 22.3 Å². The number of aryl methyl sites for hydroxylation is 2. The number of hydrogen-bond donors (Lipinski definition) is 2. The average molecular weight is 347 g/mol. The fourth-order valence-corrected chi connectivity index (χ4v) is 2.47. The van der Waals surface area contributed by atoms with E-state index in [2.05, 4.69) is 51.7 Å². The summed E-state index contributed by atoms with van der Waals surface area (Å²) in [6.07, 6.45) is 0. The number of benzene rings is 2. The van der Waals surface area contributed by atoms with Crippen molar-refractivity contribution in [3.8, 4) is 0 Å². The van der Waals surface area contributed by atoms with Gasteiger partial charge in [0.1, 0.15) is 0 Å². The SMILES string of the molecule is CNC(=O)c1ccc(C)c(NCc2ccc(C)c(Br)c2)c1. The van der Waals surface area contributed by atoms with Crippen LogP contribution in [0.3, 0.4) is 0 Å². The third-order valence-corrected chi connectivity index (χ3v) is 4.30. The Hall–Kier alpha value is -1.81. The average Bonchev–Trinajstić information content (AvgIpc) is 2.49. The third kappa shape index (κ3) is 3.85. The van der Waals surface area contributed by atoms with Crippen molar-refractivity contribution in [3.63, 3.8) is 0 Å². The molecule has 0 atom stereocenters. The summed E-state index contributed by atoms with van der Waals surface area (Å²) in [7, 11) is 1.64. The van der Waals surface area contributed by atoms with Gasteiger partial charge in [-0.25, -0.2) is 0 Å². The predicted molar refractivity (Wildman–Crippen MR) is 90.8 cm³/mol. The lowest BCUT2D eigenvalue weighted by Gasteiger charge is -2.12. The Bertz CT molecular complexity index is 668. The zero-order valence-electron chi connectivity index (χ0n) is 12.5. The number of carbonyl (C=O) groups is 1. The Morgan fingerprint density at radius 3 is 2.48 bits per heavy atom. The molecule has 2 aromatic rings. The van der Waals surface area contributed by atoms with Crippen molar-refractivity contribution in [1.82, 2.24) is 5.32 Å². The maximum atomic E-state index is 11.7. The van der Waals surface area contributed by atoms with Gasteiger partial charge >= 0.3 is 0 Å². The fraction of sp³-hybridized carbons (Fsp3) is 0.235. The van der Waals surface area contributed by atoms with Gasteiger partial charge in [-0.05, 0) is 48.7 Å². The maximum Gasteiger partial charge on any atom is 0.251 e. The lowest BCUT2D eigenvalue weighted by Crippen LogP contribution is -2.18. The molecule has 110 valence electrons. The van der Waals surface area contributed by atoms with Crippen LogP contribution in [0.2, 0.25) is 0 Å². The molecule has 0 spiro atoms. The van der Waals surface area contributed by atoms with E-state index < -0.39 is 0 Å². The highest BCUT2D eigenvalue weighted by Crippen LogP contribution is 2.21. The number of rotatable bonds is 4. The van der Waals surface area contributed by atoms with Crippen LogP contribution in [0.15, 0.2) is 40.9 Å². The van der Waals surface area contributed by atoms with Crippen molar-refractivity contribution in [2.45, 2.75) is 20.4 Å². The highest BCUT2D eigenvalue weighted by atomic mass is 79.9. The monoisotopic (exact) mass is 346 g/mol. The van der Waals surface area contributed by atoms with E-state index in [1.54, 1.807) is 7.05 Å². The molecule has 2 aromatic carbocycles. The van der Waals surface area contributed by atoms with E-state index in [1.807, 2.05) is 25.1 Å². The summed E-state index contributed by atoms with van der Waals surface area (Å²) in [5.74, 6) is -0.0730. The van der Waals surface area contributed by atoms with Crippen molar-refractivity contribution in [2.24, 2.45) is 0 Å². The van der Waals surface area contributed by atoms with Gasteiger partial charge in [0.05, 0.1) is 0 Å². The highest BCUT2D eigenvalue weighted by Gasteiger charge is 2.06. The van der Waals surface area contributed by atoms with Crippen molar-refractivity contribution in [1.29, 1.82) is 0 Å². The number of nitrogens with one attached hydrogen (secondary N) is 2. The van der Waals surface area contributed by atoms with Gasteiger partial charge in [0.25, 0.3) is 5.91 Å². The van der Waals surface area contributed by atoms with E-state index >= 15 is 0 Å². The molecule has 0 saturated heterocycles. The molecule has 0 aliphatic carbocycles. The molecular weight excluding hydrogens is 328 g/mol. The Labute approximate surface area is 133 Å². The zero-order valence-corrected chi connectivity index (χ0v) is 14.0. The summed E-state index contributed by atoms with van der Waals surface area (Å²) in [4.78, 5) is 11.7. The van der Waals surface area contributed by atoms with E-state index in [0.29, 0.717) is 5.56 Å². The molecule has 1 amide bonds. The summed E-state index contributed by atoms with van der Waals surface area (Å²) in [5.41, 5.74) is 5.17. The van der Waals surface area contributed by atoms with Crippen molar-refractivity contribution < 1.29 is 4.79 Å². The minimum Gasteiger partial charge on any atom is -0.381 e. The van der Waals surface area contributed by atoms with Gasteiger partial charge in [-0.3, -0.25) is 4.79 Å². The Morgan fingerprint density at radius 1 is 1.10 bits per heavy atom. The normalized spacial score (nSPS) is 10.3. The summed E-state index contributed by atoms with van der Waals surface area (Å²) in [6, 6.07) is 12.0. The highest BCUT2D eigenvalue weighted by molar-refractivity contribution is 9.10. The molecular formula is C17H19BrN2O. The topological polar surface area (TPSA) is 41.1 Å². The predicted octanol–water partition coefficient (Wildman–Crippen LogP) is 4.04. The van der Waals surface area contributed by atoms with Crippen LogP contribution in [-0.4, -0.2) is 13.0 Å². The van der Waals surface area contributed by atoms with Crippen molar-refractivity contribution in [3.05, 3.63) is 63.1 Å². The van der Waals surface area contributed by atoms with Crippen LogP contribution < -0.4 is 10.6 Å². The molecule has 0 aliphatic rings. The Kier molecular flexibility index (Phi) is 5.02. The van der Waals surface area contributed by atoms with Gasteiger partial charge in [0.2, 0.25) is 0 Å². The standard InChI is InChI=1S/C17H19BrN2O/c1-11-4-6-13(8-15(11)18)10-20-16-9-14(17(21)19-3)7-5-12(16)2/h4-9,20H,10H2,1-3H3,(H,19,21). The second kappa shape index (κ2) is 6.76. The Morgan fingerprint density at radius 2 is 1.81 bits per heavy atom. The van der Waals surface area contributed by atoms with Crippen LogP contribution in [-0.2, 0) is 6.54 Å². The fourth-order valence-electron chi connectivity index (χ4n) is 2.04. The molecule has 3 nitrogen and oxygen atoms in total. The van der Waals surface area contributed by atoms with Gasteiger partial charge in [0.15, 0.2) is 0 Å². The molecule has 0 unspecified atom stereocenters. The molecule has 0 aromatic heterocycles. The van der Waals surface area contributed by atoms with Crippen LogP contribution in [0.5, 0.6) is 0 Å². The van der Waals surface area contributed by atoms with Crippen LogP contribution in [0.4, 0.5) is 5.69 Å². The molecule has 0 heterocycles. The Balaban J connectivity index is 2.15. The zero-order chi connectivity index (χ0) is 15.4. The summed E-state index contributed by atoms with van der Waals surface area (Å²) in [5, 5.41) is 6.04. The molecule has 2 rings (SSSR count). The summed E-state index contributed by atoms with van der Waals surface area (Å²) < 4.78 is 1.11. The van der Waals surface area contributed by atoms with E-state index in [-0.39, 0.29) is 5.91 Å². The first-order valence-corrected chi connectivity index (χ1v) is 7.62. The summed E-state index contributed by atoms with van der Waals surface area (Å²) >= 11 is 3.55. The van der Waals surface area contributed by atoms with Gasteiger partial charge in [0, 0.05) is 29.3 Å². The second-order valence-electron chi connectivity index (χ2n) is 5.05. The lowest BCUT2D eigenvalue weighted by molar-refractivity contribution is 0.0963. The minimum atomic E-state index is -0.0730. The number of amides is 1. The molecule has 0 saturated carbocycles. The van der Waals surface area contributed by atoms with Gasteiger partial charge in [-0.2, -0.15) is 0 Å². The molecule has 21 heavy (non-hydrogen) atoms. The van der Waals surface area contributed by atoms with Crippen LogP contribution in [0.25, 0.3) is 0 Å². The number of carbonyl (C=O) groups excluding carboxylic acids is 1. The third-order valence-electron chi connectivity index (χ3n) is 3.45. The van der Waals surface area contributed by atoms with Crippen LogP contribution in [0, 0.1) is 13.8 Å². The smallest absolute Gasteiger partial charge is 0.251 e. The molecule has 0 bridgehead atoms. The van der Waals surface area contributed by atoms with Gasteiger partial charge in [-0.1, -0.05) is 34.1 Å². The number of anilines is 1. The number of halogens is 1. The van der Waals surface area contributed by atoms with Crippen molar-refractivity contribution >= 4 is 27.5 Å². The summed E-state index contributed by atoms with van der Waals surface area (Å²) in [6.45, 7) is 4.82. The largest absolute Gasteiger partial charge is 0.381 e.